The summed E-state index contributed by atoms with van der Waals surface area (Å²) >= 11 is 3.29. The number of carbonyl (C=O) groups excluding carboxylic acids is 1. The first-order valence-electron chi connectivity index (χ1n) is 8.29. The van der Waals surface area contributed by atoms with Gasteiger partial charge in [0, 0.05) is 22.3 Å². The van der Waals surface area contributed by atoms with E-state index in [1.807, 2.05) is 0 Å². The van der Waals surface area contributed by atoms with Crippen LogP contribution in [-0.2, 0) is 6.18 Å². The van der Waals surface area contributed by atoms with Crippen molar-refractivity contribution in [1.29, 1.82) is 0 Å². The second kappa shape index (κ2) is 8.09. The predicted molar refractivity (Wildman–Crippen MR) is 100 cm³/mol. The third kappa shape index (κ3) is 4.56. The van der Waals surface area contributed by atoms with Crippen LogP contribution in [0, 0.1) is 0 Å². The zero-order chi connectivity index (χ0) is 20.3. The molecule has 1 atom stereocenters. The molecule has 2 N–H and O–H groups in total. The quantitative estimate of drug-likeness (QED) is 0.718. The van der Waals surface area contributed by atoms with Crippen molar-refractivity contribution >= 4 is 27.5 Å². The molecule has 0 saturated heterocycles. The summed E-state index contributed by atoms with van der Waals surface area (Å²) in [5.41, 5.74) is -0.344. The van der Waals surface area contributed by atoms with E-state index in [-0.39, 0.29) is 24.1 Å². The molecular weight excluding hydrogens is 441 g/mol. The van der Waals surface area contributed by atoms with Crippen molar-refractivity contribution in [2.75, 3.05) is 6.61 Å². The van der Waals surface area contributed by atoms with Crippen LogP contribution in [0.5, 0.6) is 5.88 Å². The smallest absolute Gasteiger partial charge is 0.433 e. The van der Waals surface area contributed by atoms with Crippen LogP contribution in [0.2, 0.25) is 0 Å². The Balaban J connectivity index is 1.74. The van der Waals surface area contributed by atoms with E-state index in [4.69, 9.17) is 4.74 Å². The van der Waals surface area contributed by atoms with E-state index in [1.54, 1.807) is 31.2 Å². The number of benzene rings is 1. The highest BCUT2D eigenvalue weighted by molar-refractivity contribution is 9.10. The number of hydrogen-bond donors (Lipinski definition) is 2. The number of rotatable bonds is 5. The molecule has 1 aromatic carbocycles. The van der Waals surface area contributed by atoms with Crippen LogP contribution in [0.3, 0.4) is 0 Å². The zero-order valence-electron chi connectivity index (χ0n) is 14.6. The van der Waals surface area contributed by atoms with Gasteiger partial charge in [-0.25, -0.2) is 4.68 Å². The number of amides is 1. The Morgan fingerprint density at radius 2 is 2.18 bits per heavy atom. The van der Waals surface area contributed by atoms with Crippen LogP contribution >= 0.6 is 15.9 Å². The number of hydrogen-bond acceptors (Lipinski definition) is 4. The molecule has 3 rings (SSSR count). The van der Waals surface area contributed by atoms with Gasteiger partial charge in [0.25, 0.3) is 5.91 Å². The third-order valence-corrected chi connectivity index (χ3v) is 4.25. The van der Waals surface area contributed by atoms with Crippen molar-refractivity contribution < 1.29 is 22.7 Å². The first-order valence-corrected chi connectivity index (χ1v) is 9.08. The van der Waals surface area contributed by atoms with E-state index in [0.29, 0.717) is 5.56 Å². The molecule has 2 heterocycles. The fraction of sp³-hybridized carbons (Fsp3) is 0.222. The molecule has 1 aliphatic heterocycles. The summed E-state index contributed by atoms with van der Waals surface area (Å²) in [5, 5.41) is 9.42. The number of allylic oxidation sites excluding steroid dienone is 2. The molecule has 0 saturated carbocycles. The van der Waals surface area contributed by atoms with Crippen LogP contribution in [-0.4, -0.2) is 28.5 Å². The zero-order valence-corrected chi connectivity index (χ0v) is 16.2. The van der Waals surface area contributed by atoms with Crippen molar-refractivity contribution in [2.45, 2.75) is 19.3 Å². The van der Waals surface area contributed by atoms with Gasteiger partial charge in [0.1, 0.15) is 6.17 Å². The molecule has 10 heteroatoms. The Bertz CT molecular complexity index is 937. The van der Waals surface area contributed by atoms with Gasteiger partial charge in [0.05, 0.1) is 12.3 Å². The molecule has 0 spiro atoms. The molecule has 28 heavy (non-hydrogen) atoms. The summed E-state index contributed by atoms with van der Waals surface area (Å²) < 4.78 is 46.4. The van der Waals surface area contributed by atoms with Crippen LogP contribution in [0.4, 0.5) is 13.2 Å². The summed E-state index contributed by atoms with van der Waals surface area (Å²) in [6.07, 6.45) is -0.841. The molecule has 148 valence electrons. The fourth-order valence-corrected chi connectivity index (χ4v) is 2.93. The topological polar surface area (TPSA) is 68.2 Å². The largest absolute Gasteiger partial charge is 0.477 e. The molecule has 2 aromatic rings. The molecule has 0 radical (unpaired) electrons. The molecule has 0 aliphatic carbocycles. The van der Waals surface area contributed by atoms with E-state index in [0.717, 1.165) is 15.2 Å². The van der Waals surface area contributed by atoms with Crippen LogP contribution in [0.25, 0.3) is 5.70 Å². The van der Waals surface area contributed by atoms with Gasteiger partial charge in [0.15, 0.2) is 5.69 Å². The molecular formula is C18H16BrF3N4O2. The maximum Gasteiger partial charge on any atom is 0.433 e. The SMILES string of the molecule is CCOc1cc(C(F)(F)F)n(C2=CNC(NC(=O)c3cccc(Br)c3)C=C2)n1. The summed E-state index contributed by atoms with van der Waals surface area (Å²) in [7, 11) is 0. The van der Waals surface area contributed by atoms with Gasteiger partial charge in [-0.15, -0.1) is 5.10 Å². The molecule has 0 fully saturated rings. The molecule has 1 aromatic heterocycles. The number of halogens is 4. The van der Waals surface area contributed by atoms with Gasteiger partial charge in [-0.05, 0) is 37.3 Å². The summed E-state index contributed by atoms with van der Waals surface area (Å²) in [6.45, 7) is 1.86. The van der Waals surface area contributed by atoms with Gasteiger partial charge in [-0.1, -0.05) is 22.0 Å². The number of aromatic nitrogens is 2. The van der Waals surface area contributed by atoms with Gasteiger partial charge < -0.3 is 15.4 Å². The molecule has 6 nitrogen and oxygen atoms in total. The average molecular weight is 457 g/mol. The Morgan fingerprint density at radius 1 is 1.39 bits per heavy atom. The standard InChI is InChI=1S/C18H16BrF3N4O2/c1-2-28-16-9-14(18(20,21)22)26(25-16)13-6-7-15(23-10-13)24-17(27)11-4-3-5-12(19)8-11/h3-10,15,23H,2H2,1H3,(H,24,27). The monoisotopic (exact) mass is 456 g/mol. The fourth-order valence-electron chi connectivity index (χ4n) is 2.53. The first kappa shape index (κ1) is 20.0. The highest BCUT2D eigenvalue weighted by Gasteiger charge is 2.37. The van der Waals surface area contributed by atoms with Crippen LogP contribution in [0.1, 0.15) is 23.0 Å². The number of nitrogens with zero attached hydrogens (tertiary/aromatic N) is 2. The highest BCUT2D eigenvalue weighted by atomic mass is 79.9. The second-order valence-corrected chi connectivity index (χ2v) is 6.68. The highest BCUT2D eigenvalue weighted by Crippen LogP contribution is 2.33. The van der Waals surface area contributed by atoms with Crippen LogP contribution in [0.15, 0.2) is 53.2 Å². The van der Waals surface area contributed by atoms with Gasteiger partial charge >= 0.3 is 6.18 Å². The van der Waals surface area contributed by atoms with E-state index in [1.165, 1.54) is 18.4 Å². The molecule has 1 aliphatic rings. The number of nitrogens with one attached hydrogen (secondary N) is 2. The van der Waals surface area contributed by atoms with Gasteiger partial charge in [-0.3, -0.25) is 4.79 Å². The predicted octanol–water partition coefficient (Wildman–Crippen LogP) is 3.78. The van der Waals surface area contributed by atoms with E-state index >= 15 is 0 Å². The Kier molecular flexibility index (Phi) is 5.78. The Hall–Kier alpha value is -2.75. The lowest BCUT2D eigenvalue weighted by atomic mass is 10.2. The maximum absolute atomic E-state index is 13.3. The average Bonchev–Trinajstić information content (AvgIpc) is 3.07. The van der Waals surface area contributed by atoms with Gasteiger partial charge in [0.2, 0.25) is 5.88 Å². The lowest BCUT2D eigenvalue weighted by Gasteiger charge is -2.21. The van der Waals surface area contributed by atoms with E-state index in [2.05, 4.69) is 31.7 Å². The maximum atomic E-state index is 13.3. The summed E-state index contributed by atoms with van der Waals surface area (Å²) in [6, 6.07) is 7.69. The summed E-state index contributed by atoms with van der Waals surface area (Å²) in [5.74, 6) is -0.441. The Labute approximate surface area is 167 Å². The minimum Gasteiger partial charge on any atom is -0.477 e. The van der Waals surface area contributed by atoms with E-state index < -0.39 is 18.0 Å². The first-order chi connectivity index (χ1) is 13.3. The number of carbonyl (C=O) groups is 1. The van der Waals surface area contributed by atoms with E-state index in [9.17, 15) is 18.0 Å². The normalized spacial score (nSPS) is 16.3. The van der Waals surface area contributed by atoms with Crippen molar-refractivity contribution in [3.8, 4) is 5.88 Å². The number of alkyl halides is 3. The molecule has 1 amide bonds. The van der Waals surface area contributed by atoms with Crippen molar-refractivity contribution in [1.82, 2.24) is 20.4 Å². The van der Waals surface area contributed by atoms with Crippen molar-refractivity contribution in [3.05, 3.63) is 64.4 Å². The van der Waals surface area contributed by atoms with Crippen LogP contribution < -0.4 is 15.4 Å². The number of dihydropyridines is 1. The summed E-state index contributed by atoms with van der Waals surface area (Å²) in [4.78, 5) is 12.3. The second-order valence-electron chi connectivity index (χ2n) is 5.77. The molecule has 0 bridgehead atoms. The lowest BCUT2D eigenvalue weighted by Crippen LogP contribution is -2.43. The van der Waals surface area contributed by atoms with Crippen molar-refractivity contribution in [2.24, 2.45) is 0 Å². The minimum absolute atomic E-state index is 0.116. The molecule has 1 unspecified atom stereocenters. The lowest BCUT2D eigenvalue weighted by molar-refractivity contribution is -0.142. The number of ether oxygens (including phenoxy) is 1. The Morgan fingerprint density at radius 3 is 2.79 bits per heavy atom. The minimum atomic E-state index is -4.59. The van der Waals surface area contributed by atoms with Crippen molar-refractivity contribution in [3.63, 3.8) is 0 Å². The third-order valence-electron chi connectivity index (χ3n) is 3.76. The van der Waals surface area contributed by atoms with Gasteiger partial charge in [-0.2, -0.15) is 13.2 Å².